The van der Waals surface area contributed by atoms with Crippen LogP contribution in [0.1, 0.15) is 59.7 Å². The molecule has 3 amide bonds. The molecule has 306 valence electrons. The van der Waals surface area contributed by atoms with Crippen LogP contribution in [-0.2, 0) is 4.74 Å². The zero-order chi connectivity index (χ0) is 40.9. The van der Waals surface area contributed by atoms with Gasteiger partial charge in [0.05, 0.1) is 62.0 Å². The van der Waals surface area contributed by atoms with Gasteiger partial charge in [-0.25, -0.2) is 14.7 Å². The molecule has 1 N–H and O–H groups in total. The maximum absolute atomic E-state index is 13.9. The number of hydrogen-bond acceptors (Lipinski definition) is 13. The maximum Gasteiger partial charge on any atom is 0.416 e. The first-order valence-electron chi connectivity index (χ1n) is 19.1. The van der Waals surface area contributed by atoms with Crippen molar-refractivity contribution >= 4 is 57.1 Å². The number of methoxy groups -OCH3 is 2. The van der Waals surface area contributed by atoms with Crippen molar-refractivity contribution in [3.05, 3.63) is 84.1 Å². The molecule has 0 bridgehead atoms. The Morgan fingerprint density at radius 3 is 2.28 bits per heavy atom. The summed E-state index contributed by atoms with van der Waals surface area (Å²) >= 11 is 0. The van der Waals surface area contributed by atoms with Gasteiger partial charge in [-0.1, -0.05) is 41.2 Å². The van der Waals surface area contributed by atoms with E-state index in [9.17, 15) is 19.5 Å². The van der Waals surface area contributed by atoms with Gasteiger partial charge in [-0.05, 0) is 74.1 Å². The van der Waals surface area contributed by atoms with Gasteiger partial charge in [0, 0.05) is 42.9 Å². The summed E-state index contributed by atoms with van der Waals surface area (Å²) in [6.07, 6.45) is 4.48. The number of aliphatic imine (C=N–C) groups is 1. The lowest BCUT2D eigenvalue weighted by Gasteiger charge is -2.31. The summed E-state index contributed by atoms with van der Waals surface area (Å²) in [5.41, 5.74) is 3.13. The van der Waals surface area contributed by atoms with E-state index in [0.29, 0.717) is 79.7 Å². The van der Waals surface area contributed by atoms with E-state index in [1.165, 1.54) is 40.7 Å². The van der Waals surface area contributed by atoms with Crippen molar-refractivity contribution in [1.82, 2.24) is 14.8 Å². The Kier molecular flexibility index (Phi) is 12.8. The highest BCUT2D eigenvalue weighted by molar-refractivity contribution is 8.76. The van der Waals surface area contributed by atoms with Crippen molar-refractivity contribution in [3.63, 3.8) is 0 Å². The number of aliphatic hydroxyl groups excluding tert-OH is 1. The van der Waals surface area contributed by atoms with E-state index in [0.717, 1.165) is 27.5 Å². The second-order valence-corrected chi connectivity index (χ2v) is 17.2. The molecular weight excluding hydrogens is 783 g/mol. The van der Waals surface area contributed by atoms with E-state index in [2.05, 4.69) is 23.1 Å². The number of aliphatic hydroxyl groups is 1. The molecular formula is C42H47N5O9S2. The molecule has 0 spiro atoms. The first-order chi connectivity index (χ1) is 28.1. The number of ether oxygens (including phenoxy) is 5. The molecule has 4 aliphatic rings. The van der Waals surface area contributed by atoms with Crippen molar-refractivity contribution in [2.24, 2.45) is 4.99 Å². The Labute approximate surface area is 345 Å². The number of carbonyl (C=O) groups is 3. The Hall–Kier alpha value is -5.19. The van der Waals surface area contributed by atoms with Gasteiger partial charge < -0.3 is 38.6 Å². The van der Waals surface area contributed by atoms with Gasteiger partial charge in [0.15, 0.2) is 29.2 Å². The van der Waals surface area contributed by atoms with Crippen LogP contribution in [0.25, 0.3) is 0 Å². The molecule has 5 heterocycles. The highest BCUT2D eigenvalue weighted by atomic mass is 33.1. The van der Waals surface area contributed by atoms with Crippen LogP contribution in [0.15, 0.2) is 83.0 Å². The van der Waals surface area contributed by atoms with E-state index < -0.39 is 18.4 Å². The van der Waals surface area contributed by atoms with Crippen LogP contribution in [0.5, 0.6) is 23.0 Å². The van der Waals surface area contributed by atoms with E-state index in [4.69, 9.17) is 23.7 Å². The first-order valence-corrected chi connectivity index (χ1v) is 21.3. The van der Waals surface area contributed by atoms with Crippen LogP contribution in [0.3, 0.4) is 0 Å². The highest BCUT2D eigenvalue weighted by Crippen LogP contribution is 2.43. The summed E-state index contributed by atoms with van der Waals surface area (Å²) in [5, 5.41) is 12.4. The van der Waals surface area contributed by atoms with Crippen LogP contribution in [0.4, 0.5) is 16.2 Å². The van der Waals surface area contributed by atoms with Crippen molar-refractivity contribution in [2.45, 2.75) is 67.6 Å². The predicted octanol–water partition coefficient (Wildman–Crippen LogP) is 7.09. The molecule has 4 unspecified atom stereocenters. The van der Waals surface area contributed by atoms with Gasteiger partial charge in [-0.3, -0.25) is 14.6 Å². The van der Waals surface area contributed by atoms with E-state index in [1.54, 1.807) is 41.6 Å². The fraction of sp³-hybridized carbons (Fsp3) is 0.405. The maximum atomic E-state index is 13.9. The number of fused-ring (bicyclic) bond motifs is 4. The van der Waals surface area contributed by atoms with Crippen LogP contribution < -0.4 is 23.8 Å². The summed E-state index contributed by atoms with van der Waals surface area (Å²) in [6, 6.07) is 11.4. The van der Waals surface area contributed by atoms with Crippen LogP contribution in [0, 0.1) is 0 Å². The number of rotatable bonds is 15. The number of benzene rings is 2. The van der Waals surface area contributed by atoms with Crippen LogP contribution in [-0.4, -0.2) is 115 Å². The van der Waals surface area contributed by atoms with Gasteiger partial charge in [0.1, 0.15) is 11.6 Å². The number of aromatic nitrogens is 1. The minimum Gasteiger partial charge on any atom is -0.493 e. The second-order valence-electron chi connectivity index (χ2n) is 14.5. The SMILES string of the molecule is C=C1CC2C=Nc3cc(OCCCCCOc4cc5c(cc4OC)C(=O)N4CC(=C)CC4C(O)N5C(=O)OCC(C)SSc4ccccn4)c(OC)cc3C(=O)N2C1. The molecule has 0 saturated carbocycles. The summed E-state index contributed by atoms with van der Waals surface area (Å²) in [7, 11) is 6.01. The topological polar surface area (TPSA) is 153 Å². The molecule has 0 aliphatic carbocycles. The van der Waals surface area contributed by atoms with Crippen molar-refractivity contribution in [2.75, 3.05) is 52.0 Å². The number of nitrogens with zero attached hydrogens (tertiary/aromatic N) is 5. The molecule has 4 aliphatic heterocycles. The Morgan fingerprint density at radius 1 is 0.897 bits per heavy atom. The third-order valence-electron chi connectivity index (χ3n) is 10.3. The van der Waals surface area contributed by atoms with E-state index >= 15 is 0 Å². The van der Waals surface area contributed by atoms with Crippen LogP contribution in [0.2, 0.25) is 0 Å². The minimum absolute atomic E-state index is 0.0585. The van der Waals surface area contributed by atoms with Gasteiger partial charge in [-0.2, -0.15) is 0 Å². The van der Waals surface area contributed by atoms with Crippen molar-refractivity contribution in [1.29, 1.82) is 0 Å². The Balaban J connectivity index is 0.982. The predicted molar refractivity (Wildman–Crippen MR) is 223 cm³/mol. The number of amides is 3. The third-order valence-corrected chi connectivity index (χ3v) is 13.0. The summed E-state index contributed by atoms with van der Waals surface area (Å²) in [4.78, 5) is 54.5. The van der Waals surface area contributed by atoms with Crippen molar-refractivity contribution in [3.8, 4) is 23.0 Å². The molecule has 14 nitrogen and oxygen atoms in total. The number of anilines is 1. The number of carbonyl (C=O) groups excluding carboxylic acids is 3. The van der Waals surface area contributed by atoms with Gasteiger partial charge >= 0.3 is 6.09 Å². The summed E-state index contributed by atoms with van der Waals surface area (Å²) < 4.78 is 29.3. The molecule has 2 aromatic carbocycles. The average Bonchev–Trinajstić information content (AvgIpc) is 3.77. The van der Waals surface area contributed by atoms with Gasteiger partial charge in [0.2, 0.25) is 0 Å². The minimum atomic E-state index is -1.40. The summed E-state index contributed by atoms with van der Waals surface area (Å²) in [5.74, 6) is 1.12. The lowest BCUT2D eigenvalue weighted by Crippen LogP contribution is -2.51. The molecule has 4 atom stereocenters. The number of pyridine rings is 1. The standard InChI is InChI=1S/C42H47N5O9S2/c1-25-15-28-21-44-31-19-36(34(52-4)17-29(31)39(48)45(28)22-25)54-13-9-6-10-14-55-37-20-32-30(18-35(37)53-5)40(49)46-23-26(2)16-33(46)41(50)47(32)42(51)56-24-27(3)57-58-38-11-7-8-12-43-38/h7-8,11-12,17-21,27-28,33,41,50H,1-2,6,9-10,13-16,22-24H2,3-5H3. The average molecular weight is 830 g/mol. The molecule has 58 heavy (non-hydrogen) atoms. The van der Waals surface area contributed by atoms with E-state index in [1.807, 2.05) is 25.1 Å². The monoisotopic (exact) mass is 829 g/mol. The smallest absolute Gasteiger partial charge is 0.416 e. The highest BCUT2D eigenvalue weighted by Gasteiger charge is 2.46. The largest absolute Gasteiger partial charge is 0.493 e. The zero-order valence-corrected chi connectivity index (χ0v) is 34.4. The number of hydrogen-bond donors (Lipinski definition) is 1. The number of unbranched alkanes of at least 4 members (excludes halogenated alkanes) is 2. The van der Waals surface area contributed by atoms with Crippen LogP contribution >= 0.6 is 21.6 Å². The molecule has 0 radical (unpaired) electrons. The Morgan fingerprint density at radius 2 is 1.57 bits per heavy atom. The first kappa shape index (κ1) is 41.0. The molecule has 3 aromatic rings. The van der Waals surface area contributed by atoms with E-state index in [-0.39, 0.29) is 47.5 Å². The summed E-state index contributed by atoms with van der Waals surface area (Å²) in [6.45, 7) is 11.5. The third kappa shape index (κ3) is 8.78. The molecule has 1 aromatic heterocycles. The second kappa shape index (κ2) is 18.2. The fourth-order valence-electron chi connectivity index (χ4n) is 7.35. The van der Waals surface area contributed by atoms with Crippen molar-refractivity contribution < 1.29 is 43.2 Å². The van der Waals surface area contributed by atoms with Gasteiger partial charge in [-0.15, -0.1) is 0 Å². The molecule has 2 saturated heterocycles. The Bertz CT molecular complexity index is 2100. The lowest BCUT2D eigenvalue weighted by atomic mass is 10.1. The quantitative estimate of drug-likeness (QED) is 0.0946. The molecule has 16 heteroatoms. The molecule has 7 rings (SSSR count). The fourth-order valence-corrected chi connectivity index (χ4v) is 9.22. The van der Waals surface area contributed by atoms with Gasteiger partial charge in [0.25, 0.3) is 11.8 Å². The zero-order valence-electron chi connectivity index (χ0n) is 32.8. The lowest BCUT2D eigenvalue weighted by molar-refractivity contribution is 0.0491. The molecule has 2 fully saturated rings. The normalized spacial score (nSPS) is 20.1.